The van der Waals surface area contributed by atoms with Crippen LogP contribution in [0.1, 0.15) is 24.1 Å². The van der Waals surface area contributed by atoms with Gasteiger partial charge in [0.25, 0.3) is 0 Å². The van der Waals surface area contributed by atoms with Crippen LogP contribution in [0.5, 0.6) is 0 Å². The predicted octanol–water partition coefficient (Wildman–Crippen LogP) is 2.60. The average Bonchev–Trinajstić information content (AvgIpc) is 2.48. The lowest BCUT2D eigenvalue weighted by molar-refractivity contribution is 0.567. The normalized spacial score (nSPS) is 12.6. The Kier molecular flexibility index (Phi) is 4.18. The Morgan fingerprint density at radius 3 is 2.20 bits per heavy atom. The fourth-order valence-electron chi connectivity index (χ4n) is 1.82. The van der Waals surface area contributed by atoms with E-state index in [1.807, 2.05) is 36.4 Å². The van der Waals surface area contributed by atoms with Crippen molar-refractivity contribution < 1.29 is 8.42 Å². The molecule has 2 rings (SSSR count). The highest BCUT2D eigenvalue weighted by molar-refractivity contribution is 7.89. The summed E-state index contributed by atoms with van der Waals surface area (Å²) in [7, 11) is -3.59. The molecule has 102 valence electrons. The molecule has 0 amide bonds. The van der Waals surface area contributed by atoms with E-state index in [9.17, 15) is 8.42 Å². The lowest BCUT2D eigenvalue weighted by Crippen LogP contribution is -2.26. The van der Waals surface area contributed by atoms with Gasteiger partial charge in [0.05, 0.1) is 16.5 Å². The van der Waals surface area contributed by atoms with Gasteiger partial charge in [0.15, 0.2) is 0 Å². The molecule has 0 saturated heterocycles. The van der Waals surface area contributed by atoms with Crippen LogP contribution in [-0.4, -0.2) is 8.42 Å². The van der Waals surface area contributed by atoms with Crippen LogP contribution in [0.4, 0.5) is 0 Å². The van der Waals surface area contributed by atoms with Gasteiger partial charge in [-0.05, 0) is 36.8 Å². The van der Waals surface area contributed by atoms with Gasteiger partial charge in [0.2, 0.25) is 10.0 Å². The maximum Gasteiger partial charge on any atom is 0.241 e. The van der Waals surface area contributed by atoms with Crippen LogP contribution in [0.3, 0.4) is 0 Å². The van der Waals surface area contributed by atoms with E-state index in [2.05, 4.69) is 4.72 Å². The van der Waals surface area contributed by atoms with Crippen molar-refractivity contribution in [2.24, 2.45) is 0 Å². The summed E-state index contributed by atoms with van der Waals surface area (Å²) in [6.45, 7) is 1.79. The van der Waals surface area contributed by atoms with Crippen LogP contribution in [0.2, 0.25) is 0 Å². The Labute approximate surface area is 118 Å². The molecule has 1 atom stereocenters. The first-order valence-electron chi connectivity index (χ1n) is 6.10. The molecule has 0 bridgehead atoms. The van der Waals surface area contributed by atoms with E-state index in [1.165, 1.54) is 24.3 Å². The van der Waals surface area contributed by atoms with Gasteiger partial charge in [-0.1, -0.05) is 30.3 Å². The number of nitriles is 1. The number of hydrogen-bond acceptors (Lipinski definition) is 3. The van der Waals surface area contributed by atoms with Gasteiger partial charge in [-0.25, -0.2) is 13.1 Å². The van der Waals surface area contributed by atoms with Crippen LogP contribution in [0.25, 0.3) is 0 Å². The Bertz CT molecular complexity index is 717. The molecular weight excluding hydrogens is 272 g/mol. The first-order chi connectivity index (χ1) is 9.53. The van der Waals surface area contributed by atoms with Crippen LogP contribution in [0.15, 0.2) is 59.5 Å². The summed E-state index contributed by atoms with van der Waals surface area (Å²) in [6.07, 6.45) is 0. The quantitative estimate of drug-likeness (QED) is 0.939. The second kappa shape index (κ2) is 5.87. The maximum absolute atomic E-state index is 12.2. The van der Waals surface area contributed by atoms with Crippen LogP contribution >= 0.6 is 0 Å². The molecule has 0 aliphatic rings. The third-order valence-corrected chi connectivity index (χ3v) is 4.48. The van der Waals surface area contributed by atoms with Crippen molar-refractivity contribution in [3.63, 3.8) is 0 Å². The molecule has 20 heavy (non-hydrogen) atoms. The minimum absolute atomic E-state index is 0.152. The van der Waals surface area contributed by atoms with E-state index in [-0.39, 0.29) is 10.9 Å². The highest BCUT2D eigenvalue weighted by Crippen LogP contribution is 2.17. The lowest BCUT2D eigenvalue weighted by Gasteiger charge is -2.14. The standard InChI is InChI=1S/C15H14N2O2S/c1-12(14-5-3-2-4-6-14)17-20(18,19)15-9-7-13(11-16)8-10-15/h2-10,12,17H,1H3. The van der Waals surface area contributed by atoms with E-state index in [0.29, 0.717) is 5.56 Å². The van der Waals surface area contributed by atoms with Gasteiger partial charge in [0.1, 0.15) is 0 Å². The number of hydrogen-bond donors (Lipinski definition) is 1. The zero-order valence-corrected chi connectivity index (χ0v) is 11.8. The Morgan fingerprint density at radius 2 is 1.65 bits per heavy atom. The summed E-state index contributed by atoms with van der Waals surface area (Å²) in [5, 5.41) is 8.71. The Hall–Kier alpha value is -2.16. The number of nitrogens with one attached hydrogen (secondary N) is 1. The molecule has 0 aliphatic carbocycles. The molecule has 0 aliphatic heterocycles. The van der Waals surface area contributed by atoms with Crippen LogP contribution < -0.4 is 4.72 Å². The molecule has 1 unspecified atom stereocenters. The van der Waals surface area contributed by atoms with E-state index in [4.69, 9.17) is 5.26 Å². The summed E-state index contributed by atoms with van der Waals surface area (Å²) in [6, 6.07) is 16.8. The number of benzene rings is 2. The molecular formula is C15H14N2O2S. The van der Waals surface area contributed by atoms with Crippen molar-refractivity contribution in [2.45, 2.75) is 17.9 Å². The van der Waals surface area contributed by atoms with E-state index >= 15 is 0 Å². The molecule has 5 heteroatoms. The highest BCUT2D eigenvalue weighted by Gasteiger charge is 2.18. The number of sulfonamides is 1. The van der Waals surface area contributed by atoms with E-state index < -0.39 is 10.0 Å². The highest BCUT2D eigenvalue weighted by atomic mass is 32.2. The van der Waals surface area contributed by atoms with Crippen molar-refractivity contribution in [3.8, 4) is 6.07 Å². The summed E-state index contributed by atoms with van der Waals surface area (Å²) in [5.41, 5.74) is 1.32. The lowest BCUT2D eigenvalue weighted by atomic mass is 10.1. The summed E-state index contributed by atoms with van der Waals surface area (Å²) >= 11 is 0. The Balaban J connectivity index is 2.21. The zero-order valence-electron chi connectivity index (χ0n) is 10.9. The van der Waals surface area contributed by atoms with Gasteiger partial charge < -0.3 is 0 Å². The SMILES string of the molecule is CC(NS(=O)(=O)c1ccc(C#N)cc1)c1ccccc1. The second-order valence-electron chi connectivity index (χ2n) is 4.39. The van der Waals surface area contributed by atoms with Gasteiger partial charge in [-0.2, -0.15) is 5.26 Å². The third-order valence-electron chi connectivity index (χ3n) is 2.93. The monoisotopic (exact) mass is 286 g/mol. The number of rotatable bonds is 4. The van der Waals surface area contributed by atoms with Crippen molar-refractivity contribution in [3.05, 3.63) is 65.7 Å². The van der Waals surface area contributed by atoms with Crippen LogP contribution in [-0.2, 0) is 10.0 Å². The fraction of sp³-hybridized carbons (Fsp3) is 0.133. The molecule has 0 aromatic heterocycles. The number of nitrogens with zero attached hydrogens (tertiary/aromatic N) is 1. The summed E-state index contributed by atoms with van der Waals surface area (Å²) in [4.78, 5) is 0.152. The Morgan fingerprint density at radius 1 is 1.05 bits per heavy atom. The molecule has 0 spiro atoms. The predicted molar refractivity (Wildman–Crippen MR) is 76.3 cm³/mol. The van der Waals surface area contributed by atoms with E-state index in [0.717, 1.165) is 5.56 Å². The van der Waals surface area contributed by atoms with Gasteiger partial charge in [-0.3, -0.25) is 0 Å². The first kappa shape index (κ1) is 14.3. The molecule has 2 aromatic rings. The largest absolute Gasteiger partial charge is 0.241 e. The van der Waals surface area contributed by atoms with Crippen molar-refractivity contribution in [1.82, 2.24) is 4.72 Å². The van der Waals surface area contributed by atoms with Gasteiger partial charge in [-0.15, -0.1) is 0 Å². The maximum atomic E-state index is 12.2. The van der Waals surface area contributed by atoms with E-state index in [1.54, 1.807) is 6.92 Å². The second-order valence-corrected chi connectivity index (χ2v) is 6.10. The van der Waals surface area contributed by atoms with Crippen molar-refractivity contribution in [2.75, 3.05) is 0 Å². The van der Waals surface area contributed by atoms with Gasteiger partial charge in [0, 0.05) is 6.04 Å². The topological polar surface area (TPSA) is 70.0 Å². The molecule has 0 saturated carbocycles. The summed E-state index contributed by atoms with van der Waals surface area (Å²) in [5.74, 6) is 0. The van der Waals surface area contributed by atoms with Crippen molar-refractivity contribution in [1.29, 1.82) is 5.26 Å². The molecule has 4 nitrogen and oxygen atoms in total. The minimum Gasteiger partial charge on any atom is -0.207 e. The average molecular weight is 286 g/mol. The molecule has 1 N–H and O–H groups in total. The minimum atomic E-state index is -3.59. The van der Waals surface area contributed by atoms with Crippen LogP contribution in [0, 0.1) is 11.3 Å². The fourth-order valence-corrected chi connectivity index (χ4v) is 3.05. The first-order valence-corrected chi connectivity index (χ1v) is 7.59. The van der Waals surface area contributed by atoms with Gasteiger partial charge >= 0.3 is 0 Å². The van der Waals surface area contributed by atoms with Crippen molar-refractivity contribution >= 4 is 10.0 Å². The third kappa shape index (κ3) is 3.23. The molecule has 0 heterocycles. The summed E-state index contributed by atoms with van der Waals surface area (Å²) < 4.78 is 27.1. The smallest absolute Gasteiger partial charge is 0.207 e. The molecule has 0 radical (unpaired) electrons. The zero-order chi connectivity index (χ0) is 14.6. The molecule has 0 fully saturated rings. The molecule has 2 aromatic carbocycles.